The van der Waals surface area contributed by atoms with Crippen molar-refractivity contribution in [1.82, 2.24) is 9.62 Å². The van der Waals surface area contributed by atoms with E-state index in [0.29, 0.717) is 19.3 Å². The van der Waals surface area contributed by atoms with Crippen LogP contribution >= 0.6 is 11.3 Å². The highest BCUT2D eigenvalue weighted by Gasteiger charge is 2.40. The number of fused-ring (bicyclic) bond motifs is 1. The number of nitrogens with one attached hydrogen (secondary N) is 2. The molecule has 2 aromatic rings. The van der Waals surface area contributed by atoms with Crippen molar-refractivity contribution in [1.29, 1.82) is 0 Å². The van der Waals surface area contributed by atoms with E-state index in [2.05, 4.69) is 10.6 Å². The van der Waals surface area contributed by atoms with Gasteiger partial charge in [-0.25, -0.2) is 17.6 Å². The fourth-order valence-corrected chi connectivity index (χ4v) is 7.23. The Labute approximate surface area is 200 Å². The molecule has 182 valence electrons. The molecule has 34 heavy (non-hydrogen) atoms. The van der Waals surface area contributed by atoms with Crippen LogP contribution < -0.4 is 10.6 Å². The van der Waals surface area contributed by atoms with Crippen molar-refractivity contribution in [3.8, 4) is 0 Å². The molecule has 1 aliphatic carbocycles. The molecule has 12 heteroatoms. The minimum Gasteiger partial charge on any atom is -0.450 e. The second kappa shape index (κ2) is 9.80. The molecule has 1 atom stereocenters. The van der Waals surface area contributed by atoms with Gasteiger partial charge in [0.25, 0.3) is 5.91 Å². The molecule has 1 unspecified atom stereocenters. The number of hydrogen-bond donors (Lipinski definition) is 2. The van der Waals surface area contributed by atoms with Crippen molar-refractivity contribution in [3.63, 3.8) is 0 Å². The molecule has 2 aliphatic rings. The van der Waals surface area contributed by atoms with Gasteiger partial charge in [0.05, 0.1) is 17.1 Å². The Balaban J connectivity index is 1.57. The normalized spacial score (nSPS) is 17.9. The number of hydrogen-bond acceptors (Lipinski definition) is 7. The molecule has 4 rings (SSSR count). The van der Waals surface area contributed by atoms with E-state index in [4.69, 9.17) is 4.74 Å². The molecule has 0 saturated carbocycles. The standard InChI is InChI=1S/C22H24FN3O6S2/c1-2-32-22(29)25-20(28)18-15-5-3-7-17(15)33-21(18)24-19(27)16-6-4-12-26(16)34(30,31)14-10-8-13(23)9-11-14/h8-11,16H,2-7,12H2,1H3,(H,24,27)(H,25,28,29). The number of alkyl carbamates (subject to hydrolysis) is 1. The number of anilines is 1. The average Bonchev–Trinajstić information content (AvgIpc) is 3.50. The van der Waals surface area contributed by atoms with Gasteiger partial charge in [0.15, 0.2) is 0 Å². The zero-order valence-electron chi connectivity index (χ0n) is 18.4. The molecule has 2 heterocycles. The van der Waals surface area contributed by atoms with Crippen molar-refractivity contribution in [2.24, 2.45) is 0 Å². The third-order valence-electron chi connectivity index (χ3n) is 5.80. The zero-order chi connectivity index (χ0) is 24.5. The molecule has 9 nitrogen and oxygen atoms in total. The summed E-state index contributed by atoms with van der Waals surface area (Å²) < 4.78 is 45.3. The Bertz CT molecular complexity index is 1230. The molecule has 1 fully saturated rings. The first-order valence-corrected chi connectivity index (χ1v) is 13.2. The number of benzene rings is 1. The lowest BCUT2D eigenvalue weighted by atomic mass is 10.1. The Morgan fingerprint density at radius 1 is 1.18 bits per heavy atom. The SMILES string of the molecule is CCOC(=O)NC(=O)c1c(NC(=O)C2CCCN2S(=O)(=O)c2ccc(F)cc2)sc2c1CCC2. The summed E-state index contributed by atoms with van der Waals surface area (Å²) in [4.78, 5) is 38.6. The maximum Gasteiger partial charge on any atom is 0.414 e. The zero-order valence-corrected chi connectivity index (χ0v) is 20.1. The lowest BCUT2D eigenvalue weighted by Crippen LogP contribution is -2.43. The Kier molecular flexibility index (Phi) is 7.01. The van der Waals surface area contributed by atoms with Crippen LogP contribution in [0.4, 0.5) is 14.2 Å². The molecule has 1 aliphatic heterocycles. The largest absolute Gasteiger partial charge is 0.450 e. The number of amides is 3. The molecule has 2 N–H and O–H groups in total. The summed E-state index contributed by atoms with van der Waals surface area (Å²) in [6, 6.07) is 3.46. The molecule has 3 amide bonds. The van der Waals surface area contributed by atoms with E-state index in [9.17, 15) is 27.2 Å². The minimum atomic E-state index is -4.02. The molecule has 1 saturated heterocycles. The van der Waals surface area contributed by atoms with Gasteiger partial charge in [-0.3, -0.25) is 14.9 Å². The lowest BCUT2D eigenvalue weighted by molar-refractivity contribution is -0.119. The van der Waals surface area contributed by atoms with Crippen LogP contribution in [0.15, 0.2) is 29.2 Å². The van der Waals surface area contributed by atoms with Gasteiger partial charge in [-0.2, -0.15) is 4.31 Å². The molecule has 1 aromatic carbocycles. The molecular formula is C22H24FN3O6S2. The van der Waals surface area contributed by atoms with E-state index in [0.717, 1.165) is 39.7 Å². The number of rotatable bonds is 6. The van der Waals surface area contributed by atoms with Crippen LogP contribution in [0.25, 0.3) is 0 Å². The number of nitrogens with zero attached hydrogens (tertiary/aromatic N) is 1. The van der Waals surface area contributed by atoms with Crippen LogP contribution in [0.3, 0.4) is 0 Å². The monoisotopic (exact) mass is 509 g/mol. The second-order valence-corrected chi connectivity index (χ2v) is 10.9. The quantitative estimate of drug-likeness (QED) is 0.617. The van der Waals surface area contributed by atoms with Crippen molar-refractivity contribution in [3.05, 3.63) is 46.1 Å². The summed E-state index contributed by atoms with van der Waals surface area (Å²) in [6.45, 7) is 1.87. The summed E-state index contributed by atoms with van der Waals surface area (Å²) in [6.07, 6.45) is 2.17. The van der Waals surface area contributed by atoms with Crippen molar-refractivity contribution in [2.45, 2.75) is 50.0 Å². The maximum atomic E-state index is 13.3. The van der Waals surface area contributed by atoms with Gasteiger partial charge in [0, 0.05) is 11.4 Å². The third kappa shape index (κ3) is 4.70. The maximum absolute atomic E-state index is 13.3. The first-order chi connectivity index (χ1) is 16.2. The summed E-state index contributed by atoms with van der Waals surface area (Å²) in [5, 5.41) is 5.18. The van der Waals surface area contributed by atoms with Gasteiger partial charge in [0.2, 0.25) is 15.9 Å². The van der Waals surface area contributed by atoms with Crippen LogP contribution in [0.2, 0.25) is 0 Å². The van der Waals surface area contributed by atoms with E-state index in [1.54, 1.807) is 6.92 Å². The smallest absolute Gasteiger partial charge is 0.414 e. The highest BCUT2D eigenvalue weighted by Crippen LogP contribution is 2.39. The summed E-state index contributed by atoms with van der Waals surface area (Å²) in [5.41, 5.74) is 0.995. The van der Waals surface area contributed by atoms with Gasteiger partial charge in [0.1, 0.15) is 16.9 Å². The number of thiophene rings is 1. The fraction of sp³-hybridized carbons (Fsp3) is 0.409. The highest BCUT2D eigenvalue weighted by molar-refractivity contribution is 7.89. The van der Waals surface area contributed by atoms with E-state index < -0.39 is 39.8 Å². The number of imide groups is 1. The van der Waals surface area contributed by atoms with E-state index in [1.807, 2.05) is 0 Å². The number of halogens is 1. The summed E-state index contributed by atoms with van der Waals surface area (Å²) in [5.74, 6) is -1.79. The molecular weight excluding hydrogens is 485 g/mol. The van der Waals surface area contributed by atoms with Crippen LogP contribution in [-0.4, -0.2) is 49.8 Å². The van der Waals surface area contributed by atoms with Gasteiger partial charge in [-0.15, -0.1) is 11.3 Å². The molecule has 0 bridgehead atoms. The van der Waals surface area contributed by atoms with Gasteiger partial charge in [-0.1, -0.05) is 0 Å². The van der Waals surface area contributed by atoms with Crippen LogP contribution in [0.1, 0.15) is 47.0 Å². The molecule has 1 aromatic heterocycles. The third-order valence-corrected chi connectivity index (χ3v) is 8.93. The number of aryl methyl sites for hydroxylation is 1. The number of sulfonamides is 1. The first kappa shape index (κ1) is 24.3. The average molecular weight is 510 g/mol. The number of carbonyl (C=O) groups is 3. The van der Waals surface area contributed by atoms with Gasteiger partial charge < -0.3 is 10.1 Å². The van der Waals surface area contributed by atoms with Gasteiger partial charge >= 0.3 is 6.09 Å². The van der Waals surface area contributed by atoms with Crippen LogP contribution in [0, 0.1) is 5.82 Å². The lowest BCUT2D eigenvalue weighted by Gasteiger charge is -2.23. The molecule has 0 spiro atoms. The number of ether oxygens (including phenoxy) is 1. The van der Waals surface area contributed by atoms with Crippen LogP contribution in [-0.2, 0) is 32.4 Å². The number of carbonyl (C=O) groups excluding carboxylic acids is 3. The van der Waals surface area contributed by atoms with E-state index >= 15 is 0 Å². The fourth-order valence-electron chi connectivity index (χ4n) is 4.28. The van der Waals surface area contributed by atoms with Crippen molar-refractivity contribution in [2.75, 3.05) is 18.5 Å². The first-order valence-electron chi connectivity index (χ1n) is 10.9. The Hall–Kier alpha value is -2.83. The van der Waals surface area contributed by atoms with Gasteiger partial charge in [-0.05, 0) is 68.9 Å². The minimum absolute atomic E-state index is 0.0989. The highest BCUT2D eigenvalue weighted by atomic mass is 32.2. The predicted octanol–water partition coefficient (Wildman–Crippen LogP) is 3.05. The van der Waals surface area contributed by atoms with Crippen molar-refractivity contribution < 1.29 is 31.9 Å². The van der Waals surface area contributed by atoms with Crippen molar-refractivity contribution >= 4 is 44.3 Å². The predicted molar refractivity (Wildman–Crippen MR) is 123 cm³/mol. The Morgan fingerprint density at radius 3 is 2.62 bits per heavy atom. The molecule has 0 radical (unpaired) electrons. The van der Waals surface area contributed by atoms with E-state index in [1.165, 1.54) is 23.5 Å². The topological polar surface area (TPSA) is 122 Å². The Morgan fingerprint density at radius 2 is 1.91 bits per heavy atom. The van der Waals surface area contributed by atoms with Crippen LogP contribution in [0.5, 0.6) is 0 Å². The van der Waals surface area contributed by atoms with E-state index in [-0.39, 0.29) is 28.6 Å². The second-order valence-electron chi connectivity index (χ2n) is 7.95. The summed E-state index contributed by atoms with van der Waals surface area (Å²) >= 11 is 1.26. The summed E-state index contributed by atoms with van der Waals surface area (Å²) in [7, 11) is -4.02.